The lowest BCUT2D eigenvalue weighted by atomic mass is 10.0. The smallest absolute Gasteiger partial charge is 0.132 e. The van der Waals surface area contributed by atoms with E-state index in [1.807, 2.05) is 12.3 Å². The molecule has 18 heavy (non-hydrogen) atoms. The summed E-state index contributed by atoms with van der Waals surface area (Å²) in [6.07, 6.45) is 4.29. The monoisotopic (exact) mass is 243 g/mol. The Balaban J connectivity index is 1.89. The molecule has 1 fully saturated rings. The summed E-state index contributed by atoms with van der Waals surface area (Å²) in [4.78, 5) is 9.47. The van der Waals surface area contributed by atoms with Gasteiger partial charge in [-0.3, -0.25) is 4.90 Å². The van der Waals surface area contributed by atoms with Crippen LogP contribution in [0.5, 0.6) is 0 Å². The SMILES string of the molecule is CC(C)c1cccnc1N1CC2=CCN(C)C2C1. The van der Waals surface area contributed by atoms with Crippen molar-refractivity contribution in [3.05, 3.63) is 35.5 Å². The standard InChI is InChI=1S/C15H21N3/c1-11(2)13-5-4-7-16-15(13)18-9-12-6-8-17(3)14(12)10-18/h4-7,11,14H,8-10H2,1-3H3. The summed E-state index contributed by atoms with van der Waals surface area (Å²) in [6, 6.07) is 4.85. The van der Waals surface area contributed by atoms with E-state index >= 15 is 0 Å². The van der Waals surface area contributed by atoms with Gasteiger partial charge in [-0.15, -0.1) is 0 Å². The second kappa shape index (κ2) is 4.39. The van der Waals surface area contributed by atoms with Gasteiger partial charge in [0.1, 0.15) is 5.82 Å². The maximum atomic E-state index is 4.61. The van der Waals surface area contributed by atoms with Crippen molar-refractivity contribution in [1.29, 1.82) is 0 Å². The van der Waals surface area contributed by atoms with E-state index in [1.165, 1.54) is 11.4 Å². The van der Waals surface area contributed by atoms with Crippen LogP contribution in [-0.2, 0) is 0 Å². The van der Waals surface area contributed by atoms with Crippen LogP contribution in [0.15, 0.2) is 30.0 Å². The van der Waals surface area contributed by atoms with E-state index in [4.69, 9.17) is 0 Å². The van der Waals surface area contributed by atoms with Gasteiger partial charge in [-0.25, -0.2) is 4.98 Å². The van der Waals surface area contributed by atoms with Crippen LogP contribution in [0, 0.1) is 0 Å². The lowest BCUT2D eigenvalue weighted by molar-refractivity contribution is 0.341. The van der Waals surface area contributed by atoms with Gasteiger partial charge in [-0.05, 0) is 30.2 Å². The third-order valence-corrected chi connectivity index (χ3v) is 4.11. The minimum atomic E-state index is 0.529. The molecule has 1 unspecified atom stereocenters. The quantitative estimate of drug-likeness (QED) is 0.743. The lowest BCUT2D eigenvalue weighted by Crippen LogP contribution is -2.32. The van der Waals surface area contributed by atoms with Gasteiger partial charge in [0.05, 0.1) is 6.04 Å². The van der Waals surface area contributed by atoms with E-state index < -0.39 is 0 Å². The summed E-state index contributed by atoms with van der Waals surface area (Å²) in [6.45, 7) is 7.71. The highest BCUT2D eigenvalue weighted by Gasteiger charge is 2.34. The van der Waals surface area contributed by atoms with Gasteiger partial charge in [0.15, 0.2) is 0 Å². The van der Waals surface area contributed by atoms with Crippen molar-refractivity contribution in [2.24, 2.45) is 0 Å². The van der Waals surface area contributed by atoms with E-state index in [0.717, 1.165) is 19.6 Å². The summed E-state index contributed by atoms with van der Waals surface area (Å²) in [5.74, 6) is 1.71. The molecule has 0 radical (unpaired) electrons. The Hall–Kier alpha value is -1.35. The van der Waals surface area contributed by atoms with Gasteiger partial charge in [0.2, 0.25) is 0 Å². The average Bonchev–Trinajstić information content (AvgIpc) is 2.92. The van der Waals surface area contributed by atoms with Crippen molar-refractivity contribution in [3.63, 3.8) is 0 Å². The van der Waals surface area contributed by atoms with Crippen LogP contribution in [0.1, 0.15) is 25.3 Å². The molecule has 2 aliphatic rings. The molecule has 1 aromatic rings. The van der Waals surface area contributed by atoms with E-state index in [2.05, 4.69) is 47.8 Å². The van der Waals surface area contributed by atoms with Gasteiger partial charge < -0.3 is 4.90 Å². The van der Waals surface area contributed by atoms with Crippen molar-refractivity contribution < 1.29 is 0 Å². The first-order chi connectivity index (χ1) is 8.66. The third kappa shape index (κ3) is 1.83. The Bertz CT molecular complexity index is 478. The zero-order valence-corrected chi connectivity index (χ0v) is 11.4. The normalized spacial score (nSPS) is 23.7. The van der Waals surface area contributed by atoms with Crippen LogP contribution in [0.25, 0.3) is 0 Å². The Morgan fingerprint density at radius 2 is 2.22 bits per heavy atom. The molecule has 0 saturated carbocycles. The number of pyridine rings is 1. The van der Waals surface area contributed by atoms with Gasteiger partial charge in [-0.2, -0.15) is 0 Å². The second-order valence-electron chi connectivity index (χ2n) is 5.69. The van der Waals surface area contributed by atoms with Crippen LogP contribution >= 0.6 is 0 Å². The molecule has 1 aromatic heterocycles. The maximum Gasteiger partial charge on any atom is 0.132 e. The number of aromatic nitrogens is 1. The molecule has 96 valence electrons. The Labute approximate surface area is 109 Å². The van der Waals surface area contributed by atoms with Gasteiger partial charge >= 0.3 is 0 Å². The molecule has 3 nitrogen and oxygen atoms in total. The first-order valence-corrected chi connectivity index (χ1v) is 6.76. The minimum Gasteiger partial charge on any atom is -0.350 e. The van der Waals surface area contributed by atoms with E-state index in [9.17, 15) is 0 Å². The molecule has 0 N–H and O–H groups in total. The summed E-state index contributed by atoms with van der Waals surface area (Å²) in [5, 5.41) is 0. The van der Waals surface area contributed by atoms with E-state index in [-0.39, 0.29) is 0 Å². The molecule has 3 rings (SSSR count). The van der Waals surface area contributed by atoms with Crippen molar-refractivity contribution in [2.45, 2.75) is 25.8 Å². The number of fused-ring (bicyclic) bond motifs is 1. The number of likely N-dealkylation sites (N-methyl/N-ethyl adjacent to an activating group) is 1. The average molecular weight is 243 g/mol. The Morgan fingerprint density at radius 1 is 1.39 bits per heavy atom. The fraction of sp³-hybridized carbons (Fsp3) is 0.533. The number of hydrogen-bond donors (Lipinski definition) is 0. The molecule has 3 heterocycles. The van der Waals surface area contributed by atoms with E-state index in [0.29, 0.717) is 12.0 Å². The topological polar surface area (TPSA) is 19.4 Å². The molecule has 0 aromatic carbocycles. The van der Waals surface area contributed by atoms with Crippen LogP contribution in [0.2, 0.25) is 0 Å². The molecule has 2 aliphatic heterocycles. The number of hydrogen-bond acceptors (Lipinski definition) is 3. The molecule has 0 spiro atoms. The lowest BCUT2D eigenvalue weighted by Gasteiger charge is -2.24. The highest BCUT2D eigenvalue weighted by Crippen LogP contribution is 2.32. The fourth-order valence-electron chi connectivity index (χ4n) is 3.01. The molecule has 0 bridgehead atoms. The van der Waals surface area contributed by atoms with Crippen molar-refractivity contribution in [2.75, 3.05) is 31.6 Å². The molecule has 1 saturated heterocycles. The zero-order chi connectivity index (χ0) is 12.7. The summed E-state index contributed by atoms with van der Waals surface area (Å²) >= 11 is 0. The molecular formula is C15H21N3. The Kier molecular flexibility index (Phi) is 2.86. The van der Waals surface area contributed by atoms with Crippen LogP contribution in [-0.4, -0.2) is 42.6 Å². The highest BCUT2D eigenvalue weighted by molar-refractivity contribution is 5.53. The summed E-state index contributed by atoms with van der Waals surface area (Å²) in [7, 11) is 2.21. The first-order valence-electron chi connectivity index (χ1n) is 6.76. The van der Waals surface area contributed by atoms with Crippen LogP contribution in [0.3, 0.4) is 0 Å². The molecule has 1 atom stereocenters. The Morgan fingerprint density at radius 3 is 2.94 bits per heavy atom. The van der Waals surface area contributed by atoms with Gasteiger partial charge in [0, 0.05) is 25.8 Å². The predicted octanol–water partition coefficient (Wildman–Crippen LogP) is 2.27. The van der Waals surface area contributed by atoms with Crippen LogP contribution in [0.4, 0.5) is 5.82 Å². The molecular weight excluding hydrogens is 222 g/mol. The van der Waals surface area contributed by atoms with E-state index in [1.54, 1.807) is 5.57 Å². The van der Waals surface area contributed by atoms with Crippen molar-refractivity contribution in [1.82, 2.24) is 9.88 Å². The number of anilines is 1. The minimum absolute atomic E-state index is 0.529. The molecule has 0 aliphatic carbocycles. The number of rotatable bonds is 2. The van der Waals surface area contributed by atoms with Crippen molar-refractivity contribution >= 4 is 5.82 Å². The van der Waals surface area contributed by atoms with Crippen molar-refractivity contribution in [3.8, 4) is 0 Å². The zero-order valence-electron chi connectivity index (χ0n) is 11.4. The second-order valence-corrected chi connectivity index (χ2v) is 5.69. The first kappa shape index (κ1) is 11.7. The fourth-order valence-corrected chi connectivity index (χ4v) is 3.01. The predicted molar refractivity (Wildman–Crippen MR) is 75.0 cm³/mol. The summed E-state index contributed by atoms with van der Waals surface area (Å²) < 4.78 is 0. The largest absolute Gasteiger partial charge is 0.350 e. The number of nitrogens with zero attached hydrogens (tertiary/aromatic N) is 3. The third-order valence-electron chi connectivity index (χ3n) is 4.11. The van der Waals surface area contributed by atoms with Gasteiger partial charge in [-0.1, -0.05) is 26.0 Å². The maximum absolute atomic E-state index is 4.61. The molecule has 0 amide bonds. The van der Waals surface area contributed by atoms with Gasteiger partial charge in [0.25, 0.3) is 0 Å². The summed E-state index contributed by atoms with van der Waals surface area (Å²) in [5.41, 5.74) is 2.93. The highest BCUT2D eigenvalue weighted by atomic mass is 15.3. The molecule has 3 heteroatoms. The van der Waals surface area contributed by atoms with Crippen LogP contribution < -0.4 is 4.90 Å².